The maximum absolute atomic E-state index is 11.7. The molecule has 0 fully saturated rings. The van der Waals surface area contributed by atoms with Gasteiger partial charge in [0.2, 0.25) is 0 Å². The molecule has 0 aliphatic rings. The van der Waals surface area contributed by atoms with Crippen molar-refractivity contribution in [3.63, 3.8) is 0 Å². The standard InChI is InChI=1S/C19H19Cl2NO3S/c20-15-7-9-16(10-8-15)26-11-3-6-19(24)25-13-18(23)22-12-14-4-1-2-5-17(14)21/h1-2,4-5,7-10H,3,6,11-13H2,(H,22,23). The second-order valence-electron chi connectivity index (χ2n) is 5.43. The van der Waals surface area contributed by atoms with Gasteiger partial charge in [-0.3, -0.25) is 9.59 Å². The van der Waals surface area contributed by atoms with E-state index in [1.54, 1.807) is 17.8 Å². The molecular formula is C19H19Cl2NO3S. The van der Waals surface area contributed by atoms with Crippen molar-refractivity contribution in [2.24, 2.45) is 0 Å². The van der Waals surface area contributed by atoms with Gasteiger partial charge in [-0.25, -0.2) is 0 Å². The lowest BCUT2D eigenvalue weighted by atomic mass is 10.2. The van der Waals surface area contributed by atoms with Crippen LogP contribution in [0.5, 0.6) is 0 Å². The van der Waals surface area contributed by atoms with Crippen molar-refractivity contribution in [1.29, 1.82) is 0 Å². The van der Waals surface area contributed by atoms with Crippen molar-refractivity contribution in [3.8, 4) is 0 Å². The number of thioether (sulfide) groups is 1. The Bertz CT molecular complexity index is 738. The first-order valence-electron chi connectivity index (χ1n) is 8.08. The smallest absolute Gasteiger partial charge is 0.306 e. The number of rotatable bonds is 9. The summed E-state index contributed by atoms with van der Waals surface area (Å²) in [5.74, 6) is 0.0542. The van der Waals surface area contributed by atoms with Crippen LogP contribution in [0.2, 0.25) is 10.0 Å². The number of ether oxygens (including phenoxy) is 1. The molecule has 0 aliphatic heterocycles. The lowest BCUT2D eigenvalue weighted by Crippen LogP contribution is -2.28. The van der Waals surface area contributed by atoms with Gasteiger partial charge in [-0.2, -0.15) is 0 Å². The number of halogens is 2. The van der Waals surface area contributed by atoms with Crippen LogP contribution >= 0.6 is 35.0 Å². The highest BCUT2D eigenvalue weighted by atomic mass is 35.5. The van der Waals surface area contributed by atoms with Crippen LogP contribution in [0.3, 0.4) is 0 Å². The van der Waals surface area contributed by atoms with Gasteiger partial charge >= 0.3 is 5.97 Å². The lowest BCUT2D eigenvalue weighted by Gasteiger charge is -2.08. The zero-order valence-electron chi connectivity index (χ0n) is 14.0. The van der Waals surface area contributed by atoms with Gasteiger partial charge in [-0.1, -0.05) is 41.4 Å². The lowest BCUT2D eigenvalue weighted by molar-refractivity contribution is -0.148. The highest BCUT2D eigenvalue weighted by Gasteiger charge is 2.08. The van der Waals surface area contributed by atoms with Crippen LogP contribution in [0.4, 0.5) is 0 Å². The van der Waals surface area contributed by atoms with E-state index in [1.807, 2.05) is 42.5 Å². The Kier molecular flexibility index (Phi) is 8.81. The third kappa shape index (κ3) is 7.68. The summed E-state index contributed by atoms with van der Waals surface area (Å²) in [6, 6.07) is 14.8. The molecule has 0 saturated heterocycles. The molecule has 0 bridgehead atoms. The third-order valence-corrected chi connectivity index (χ3v) is 5.12. The Morgan fingerprint density at radius 3 is 2.50 bits per heavy atom. The fourth-order valence-electron chi connectivity index (χ4n) is 2.04. The maximum atomic E-state index is 11.7. The Hall–Kier alpha value is -1.69. The topological polar surface area (TPSA) is 55.4 Å². The maximum Gasteiger partial charge on any atom is 0.306 e. The normalized spacial score (nSPS) is 10.4. The summed E-state index contributed by atoms with van der Waals surface area (Å²) in [5.41, 5.74) is 0.813. The minimum atomic E-state index is -0.380. The molecule has 0 aliphatic carbocycles. The second-order valence-corrected chi connectivity index (χ2v) is 7.45. The number of esters is 1. The average molecular weight is 412 g/mol. The number of carbonyl (C=O) groups excluding carboxylic acids is 2. The average Bonchev–Trinajstić information content (AvgIpc) is 2.64. The largest absolute Gasteiger partial charge is 0.456 e. The number of carbonyl (C=O) groups is 2. The molecule has 2 aromatic rings. The van der Waals surface area contributed by atoms with E-state index in [0.29, 0.717) is 23.0 Å². The van der Waals surface area contributed by atoms with Crippen molar-refractivity contribution in [3.05, 3.63) is 64.1 Å². The van der Waals surface area contributed by atoms with Gasteiger partial charge in [0.15, 0.2) is 6.61 Å². The molecule has 1 N–H and O–H groups in total. The molecule has 0 unspecified atom stereocenters. The Balaban J connectivity index is 1.57. The van der Waals surface area contributed by atoms with Crippen LogP contribution in [0.1, 0.15) is 18.4 Å². The van der Waals surface area contributed by atoms with Gasteiger partial charge in [-0.05, 0) is 48.1 Å². The van der Waals surface area contributed by atoms with Crippen molar-refractivity contribution in [1.82, 2.24) is 5.32 Å². The van der Waals surface area contributed by atoms with Crippen molar-refractivity contribution in [2.45, 2.75) is 24.3 Å². The minimum absolute atomic E-state index is 0.276. The quantitative estimate of drug-likeness (QED) is 0.368. The van der Waals surface area contributed by atoms with Crippen LogP contribution in [0.15, 0.2) is 53.4 Å². The number of benzene rings is 2. The van der Waals surface area contributed by atoms with Crippen LogP contribution in [0, 0.1) is 0 Å². The summed E-state index contributed by atoms with van der Waals surface area (Å²) >= 11 is 13.5. The Morgan fingerprint density at radius 1 is 1.04 bits per heavy atom. The molecule has 0 aromatic heterocycles. The van der Waals surface area contributed by atoms with Gasteiger partial charge in [-0.15, -0.1) is 11.8 Å². The van der Waals surface area contributed by atoms with E-state index in [9.17, 15) is 9.59 Å². The number of nitrogens with one attached hydrogen (secondary N) is 1. The van der Waals surface area contributed by atoms with Crippen LogP contribution < -0.4 is 5.32 Å². The molecule has 0 spiro atoms. The predicted molar refractivity (Wildman–Crippen MR) is 106 cm³/mol. The predicted octanol–water partition coefficient (Wildman–Crippen LogP) is 4.73. The first kappa shape index (κ1) is 20.6. The molecular weight excluding hydrogens is 393 g/mol. The summed E-state index contributed by atoms with van der Waals surface area (Å²) in [4.78, 5) is 24.5. The molecule has 4 nitrogen and oxygen atoms in total. The summed E-state index contributed by atoms with van der Waals surface area (Å²) in [6.45, 7) is 0.0153. The van der Waals surface area contributed by atoms with Gasteiger partial charge < -0.3 is 10.1 Å². The van der Waals surface area contributed by atoms with Gasteiger partial charge in [0, 0.05) is 27.9 Å². The Labute approximate surface area is 167 Å². The van der Waals surface area contributed by atoms with E-state index < -0.39 is 0 Å². The SMILES string of the molecule is O=C(COC(=O)CCCSc1ccc(Cl)cc1)NCc1ccccc1Cl. The first-order chi connectivity index (χ1) is 12.5. The molecule has 138 valence electrons. The van der Waals surface area contributed by atoms with E-state index in [-0.39, 0.29) is 24.9 Å². The summed E-state index contributed by atoms with van der Waals surface area (Å²) in [5, 5.41) is 3.96. The van der Waals surface area contributed by atoms with Crippen LogP contribution in [0.25, 0.3) is 0 Å². The van der Waals surface area contributed by atoms with Gasteiger partial charge in [0.1, 0.15) is 0 Å². The van der Waals surface area contributed by atoms with E-state index in [4.69, 9.17) is 27.9 Å². The molecule has 7 heteroatoms. The fraction of sp³-hybridized carbons (Fsp3) is 0.263. The molecule has 0 heterocycles. The van der Waals surface area contributed by atoms with Crippen LogP contribution in [-0.2, 0) is 20.9 Å². The molecule has 2 aromatic carbocycles. The first-order valence-corrected chi connectivity index (χ1v) is 9.83. The number of amides is 1. The summed E-state index contributed by atoms with van der Waals surface area (Å²) < 4.78 is 4.98. The summed E-state index contributed by atoms with van der Waals surface area (Å²) in [6.07, 6.45) is 0.950. The molecule has 26 heavy (non-hydrogen) atoms. The molecule has 0 saturated carbocycles. The van der Waals surface area contributed by atoms with E-state index in [0.717, 1.165) is 16.2 Å². The summed E-state index contributed by atoms with van der Waals surface area (Å²) in [7, 11) is 0. The van der Waals surface area contributed by atoms with E-state index in [1.165, 1.54) is 0 Å². The van der Waals surface area contributed by atoms with Crippen molar-refractivity contribution in [2.75, 3.05) is 12.4 Å². The second kappa shape index (κ2) is 11.1. The van der Waals surface area contributed by atoms with Crippen molar-refractivity contribution >= 4 is 46.8 Å². The number of hydrogen-bond donors (Lipinski definition) is 1. The minimum Gasteiger partial charge on any atom is -0.456 e. The highest BCUT2D eigenvalue weighted by molar-refractivity contribution is 7.99. The van der Waals surface area contributed by atoms with Crippen LogP contribution in [-0.4, -0.2) is 24.2 Å². The number of hydrogen-bond acceptors (Lipinski definition) is 4. The molecule has 0 atom stereocenters. The van der Waals surface area contributed by atoms with E-state index >= 15 is 0 Å². The zero-order valence-corrected chi connectivity index (χ0v) is 16.4. The van der Waals surface area contributed by atoms with Gasteiger partial charge in [0.05, 0.1) is 0 Å². The highest BCUT2D eigenvalue weighted by Crippen LogP contribution is 2.21. The van der Waals surface area contributed by atoms with Gasteiger partial charge in [0.25, 0.3) is 5.91 Å². The molecule has 1 amide bonds. The zero-order chi connectivity index (χ0) is 18.8. The van der Waals surface area contributed by atoms with E-state index in [2.05, 4.69) is 5.32 Å². The Morgan fingerprint density at radius 2 is 1.77 bits per heavy atom. The molecule has 0 radical (unpaired) electrons. The molecule has 2 rings (SSSR count). The van der Waals surface area contributed by atoms with Crippen molar-refractivity contribution < 1.29 is 14.3 Å². The third-order valence-electron chi connectivity index (χ3n) is 3.41. The monoisotopic (exact) mass is 411 g/mol. The fourth-order valence-corrected chi connectivity index (χ4v) is 3.22.